The van der Waals surface area contributed by atoms with Crippen LogP contribution in [0.1, 0.15) is 5.56 Å². The molecule has 0 spiro atoms. The highest BCUT2D eigenvalue weighted by Gasteiger charge is 2.22. The quantitative estimate of drug-likeness (QED) is 0.595. The maximum absolute atomic E-state index is 13.3. The number of pyridine rings is 1. The SMILES string of the molecule is O=S(=O)(NCc1ccc(-n2cccn2)nc1)c1c(Br)cc(F)cc1Br. The molecule has 0 unspecified atom stereocenters. The zero-order valence-corrected chi connectivity index (χ0v) is 16.5. The number of benzene rings is 1. The molecule has 25 heavy (non-hydrogen) atoms. The second-order valence-electron chi connectivity index (χ2n) is 5.00. The van der Waals surface area contributed by atoms with Crippen molar-refractivity contribution in [3.63, 3.8) is 0 Å². The van der Waals surface area contributed by atoms with Crippen LogP contribution in [0, 0.1) is 5.82 Å². The smallest absolute Gasteiger partial charge is 0.237 e. The van der Waals surface area contributed by atoms with Gasteiger partial charge in [0, 0.05) is 34.1 Å². The standard InChI is InChI=1S/C15H11Br2FN4O2S/c16-12-6-11(18)7-13(17)15(12)25(23,24)21-9-10-2-3-14(19-8-10)22-5-1-4-20-22/h1-8,21H,9H2. The molecule has 1 aromatic carbocycles. The second kappa shape index (κ2) is 7.32. The van der Waals surface area contributed by atoms with Crippen LogP contribution in [0.2, 0.25) is 0 Å². The van der Waals surface area contributed by atoms with E-state index in [0.717, 1.165) is 12.1 Å². The first-order valence-corrected chi connectivity index (χ1v) is 10.0. The molecule has 130 valence electrons. The van der Waals surface area contributed by atoms with E-state index < -0.39 is 15.8 Å². The summed E-state index contributed by atoms with van der Waals surface area (Å²) in [5, 5.41) is 4.07. The molecule has 2 heterocycles. The number of rotatable bonds is 5. The van der Waals surface area contributed by atoms with Crippen LogP contribution in [-0.4, -0.2) is 23.2 Å². The van der Waals surface area contributed by atoms with Crippen LogP contribution >= 0.6 is 31.9 Å². The number of aromatic nitrogens is 3. The van der Waals surface area contributed by atoms with Gasteiger partial charge in [0.15, 0.2) is 5.82 Å². The van der Waals surface area contributed by atoms with Crippen LogP contribution in [0.4, 0.5) is 4.39 Å². The van der Waals surface area contributed by atoms with Crippen molar-refractivity contribution in [1.82, 2.24) is 19.5 Å². The third-order valence-electron chi connectivity index (χ3n) is 3.25. The molecule has 0 atom stereocenters. The molecule has 0 fully saturated rings. The Morgan fingerprint density at radius 1 is 1.20 bits per heavy atom. The highest BCUT2D eigenvalue weighted by Crippen LogP contribution is 2.31. The van der Waals surface area contributed by atoms with Crippen molar-refractivity contribution in [2.75, 3.05) is 0 Å². The molecule has 10 heteroatoms. The number of hydrogen-bond acceptors (Lipinski definition) is 4. The Kier molecular flexibility index (Phi) is 5.32. The first kappa shape index (κ1) is 18.2. The fraction of sp³-hybridized carbons (Fsp3) is 0.0667. The van der Waals surface area contributed by atoms with Gasteiger partial charge in [0.25, 0.3) is 0 Å². The van der Waals surface area contributed by atoms with Gasteiger partial charge in [-0.1, -0.05) is 6.07 Å². The minimum absolute atomic E-state index is 0.0466. The second-order valence-corrected chi connectivity index (χ2v) is 8.41. The number of nitrogens with one attached hydrogen (secondary N) is 1. The van der Waals surface area contributed by atoms with Crippen LogP contribution in [0.25, 0.3) is 5.82 Å². The Bertz CT molecular complexity index is 970. The molecule has 6 nitrogen and oxygen atoms in total. The van der Waals surface area contributed by atoms with E-state index in [0.29, 0.717) is 11.4 Å². The average molecular weight is 490 g/mol. The monoisotopic (exact) mass is 488 g/mol. The van der Waals surface area contributed by atoms with Crippen LogP contribution < -0.4 is 4.72 Å². The highest BCUT2D eigenvalue weighted by molar-refractivity contribution is 9.11. The number of nitrogens with zero attached hydrogens (tertiary/aromatic N) is 3. The van der Waals surface area contributed by atoms with Gasteiger partial charge in [-0.05, 0) is 61.7 Å². The minimum Gasteiger partial charge on any atom is -0.237 e. The van der Waals surface area contributed by atoms with Gasteiger partial charge < -0.3 is 0 Å². The van der Waals surface area contributed by atoms with Crippen LogP contribution in [-0.2, 0) is 16.6 Å². The van der Waals surface area contributed by atoms with Crippen molar-refractivity contribution < 1.29 is 12.8 Å². The lowest BCUT2D eigenvalue weighted by molar-refractivity contribution is 0.578. The van der Waals surface area contributed by atoms with Gasteiger partial charge in [-0.2, -0.15) is 5.10 Å². The van der Waals surface area contributed by atoms with E-state index >= 15 is 0 Å². The lowest BCUT2D eigenvalue weighted by Crippen LogP contribution is -2.24. The zero-order chi connectivity index (χ0) is 18.0. The molecule has 0 amide bonds. The van der Waals surface area contributed by atoms with E-state index in [-0.39, 0.29) is 20.4 Å². The van der Waals surface area contributed by atoms with Crippen molar-refractivity contribution in [3.05, 3.63) is 69.2 Å². The van der Waals surface area contributed by atoms with E-state index in [2.05, 4.69) is 46.7 Å². The van der Waals surface area contributed by atoms with Gasteiger partial charge in [0.1, 0.15) is 10.7 Å². The van der Waals surface area contributed by atoms with E-state index in [4.69, 9.17) is 0 Å². The molecule has 0 saturated carbocycles. The Balaban J connectivity index is 1.77. The summed E-state index contributed by atoms with van der Waals surface area (Å²) >= 11 is 6.16. The topological polar surface area (TPSA) is 76.9 Å². The third kappa shape index (κ3) is 4.14. The van der Waals surface area contributed by atoms with Gasteiger partial charge in [-0.3, -0.25) is 0 Å². The molecule has 0 aliphatic carbocycles. The molecule has 1 N–H and O–H groups in total. The Hall–Kier alpha value is -1.62. The fourth-order valence-corrected chi connectivity index (χ4v) is 5.64. The molecular weight excluding hydrogens is 479 g/mol. The summed E-state index contributed by atoms with van der Waals surface area (Å²) in [7, 11) is -3.85. The molecule has 0 saturated heterocycles. The Morgan fingerprint density at radius 3 is 2.48 bits per heavy atom. The van der Waals surface area contributed by atoms with Gasteiger partial charge >= 0.3 is 0 Å². The van der Waals surface area contributed by atoms with Gasteiger partial charge in [0.2, 0.25) is 10.0 Å². The molecule has 3 aromatic rings. The van der Waals surface area contributed by atoms with Crippen molar-refractivity contribution in [3.8, 4) is 5.82 Å². The van der Waals surface area contributed by atoms with E-state index in [9.17, 15) is 12.8 Å². The molecule has 0 bridgehead atoms. The van der Waals surface area contributed by atoms with Crippen molar-refractivity contribution in [2.45, 2.75) is 11.4 Å². The zero-order valence-electron chi connectivity index (χ0n) is 12.5. The minimum atomic E-state index is -3.85. The van der Waals surface area contributed by atoms with Crippen LogP contribution in [0.3, 0.4) is 0 Å². The first-order valence-electron chi connectivity index (χ1n) is 6.96. The largest absolute Gasteiger partial charge is 0.243 e. The maximum Gasteiger partial charge on any atom is 0.243 e. The highest BCUT2D eigenvalue weighted by atomic mass is 79.9. The summed E-state index contributed by atoms with van der Waals surface area (Å²) in [5.74, 6) is 0.0803. The first-order chi connectivity index (χ1) is 11.9. The normalized spacial score (nSPS) is 11.6. The van der Waals surface area contributed by atoms with Crippen LogP contribution in [0.15, 0.2) is 62.8 Å². The fourth-order valence-electron chi connectivity index (χ4n) is 2.10. The summed E-state index contributed by atoms with van der Waals surface area (Å²) in [4.78, 5) is 4.18. The van der Waals surface area contributed by atoms with Gasteiger partial charge in [-0.15, -0.1) is 0 Å². The summed E-state index contributed by atoms with van der Waals surface area (Å²) in [6.45, 7) is 0.0466. The lowest BCUT2D eigenvalue weighted by Gasteiger charge is -2.11. The van der Waals surface area contributed by atoms with Crippen molar-refractivity contribution in [2.24, 2.45) is 0 Å². The van der Waals surface area contributed by atoms with Crippen molar-refractivity contribution in [1.29, 1.82) is 0 Å². The molecule has 2 aromatic heterocycles. The molecule has 0 radical (unpaired) electrons. The molecule has 3 rings (SSSR count). The van der Waals surface area contributed by atoms with Crippen molar-refractivity contribution >= 4 is 41.9 Å². The lowest BCUT2D eigenvalue weighted by atomic mass is 10.3. The number of hydrogen-bond donors (Lipinski definition) is 1. The van der Waals surface area contributed by atoms with Gasteiger partial charge in [-0.25, -0.2) is 27.2 Å². The van der Waals surface area contributed by atoms with Gasteiger partial charge in [0.05, 0.1) is 0 Å². The Labute approximate surface area is 160 Å². The molecular formula is C15H11Br2FN4O2S. The predicted molar refractivity (Wildman–Crippen MR) is 97.2 cm³/mol. The third-order valence-corrected chi connectivity index (χ3v) is 6.52. The Morgan fingerprint density at radius 2 is 1.92 bits per heavy atom. The van der Waals surface area contributed by atoms with E-state index in [1.165, 1.54) is 0 Å². The van der Waals surface area contributed by atoms with Crippen LogP contribution in [0.5, 0.6) is 0 Å². The summed E-state index contributed by atoms with van der Waals surface area (Å²) < 4.78 is 42.6. The maximum atomic E-state index is 13.3. The number of sulfonamides is 1. The van der Waals surface area contributed by atoms with E-state index in [1.807, 2.05) is 0 Å². The predicted octanol–water partition coefficient (Wildman–Crippen LogP) is 3.41. The molecule has 0 aliphatic heterocycles. The number of halogens is 3. The summed E-state index contributed by atoms with van der Waals surface area (Å²) in [6.07, 6.45) is 4.96. The molecule has 0 aliphatic rings. The summed E-state index contributed by atoms with van der Waals surface area (Å²) in [6, 6.07) is 7.46. The summed E-state index contributed by atoms with van der Waals surface area (Å²) in [5.41, 5.74) is 0.675. The van der Waals surface area contributed by atoms with E-state index in [1.54, 1.807) is 41.5 Å². The average Bonchev–Trinajstić information content (AvgIpc) is 3.06.